The minimum Gasteiger partial charge on any atom is -0.332 e. The molecule has 0 bridgehead atoms. The lowest BCUT2D eigenvalue weighted by Gasteiger charge is -2.13. The molecule has 20 heavy (non-hydrogen) atoms. The van der Waals surface area contributed by atoms with E-state index in [1.807, 2.05) is 32.0 Å². The summed E-state index contributed by atoms with van der Waals surface area (Å²) in [6.45, 7) is 8.00. The van der Waals surface area contributed by atoms with Gasteiger partial charge in [-0.25, -0.2) is 9.97 Å². The molecule has 0 radical (unpaired) electrons. The van der Waals surface area contributed by atoms with Gasteiger partial charge in [0.2, 0.25) is 5.95 Å². The van der Waals surface area contributed by atoms with E-state index in [4.69, 9.17) is 12.2 Å². The maximum absolute atomic E-state index is 5.31. The van der Waals surface area contributed by atoms with Crippen molar-refractivity contribution in [2.24, 2.45) is 0 Å². The molecule has 0 aliphatic rings. The van der Waals surface area contributed by atoms with Crippen LogP contribution in [0.2, 0.25) is 0 Å². The molecule has 0 aliphatic heterocycles. The number of aromatic nitrogens is 2. The van der Waals surface area contributed by atoms with Gasteiger partial charge in [-0.3, -0.25) is 0 Å². The van der Waals surface area contributed by atoms with Crippen LogP contribution in [0.5, 0.6) is 0 Å². The third-order valence-electron chi connectivity index (χ3n) is 3.06. The predicted molar refractivity (Wildman–Crippen MR) is 87.3 cm³/mol. The van der Waals surface area contributed by atoms with Crippen molar-refractivity contribution in [3.05, 3.63) is 46.8 Å². The lowest BCUT2D eigenvalue weighted by Crippen LogP contribution is -2.21. The summed E-state index contributed by atoms with van der Waals surface area (Å²) in [6.07, 6.45) is 0. The van der Waals surface area contributed by atoms with Crippen LogP contribution in [0.1, 0.15) is 22.5 Å². The molecule has 0 saturated heterocycles. The van der Waals surface area contributed by atoms with E-state index in [0.717, 1.165) is 17.1 Å². The van der Waals surface area contributed by atoms with Crippen molar-refractivity contribution >= 4 is 29.0 Å². The number of benzene rings is 1. The van der Waals surface area contributed by atoms with Crippen molar-refractivity contribution in [3.8, 4) is 0 Å². The summed E-state index contributed by atoms with van der Waals surface area (Å²) in [6, 6.07) is 8.00. The fourth-order valence-corrected chi connectivity index (χ4v) is 2.12. The van der Waals surface area contributed by atoms with E-state index in [1.165, 1.54) is 11.1 Å². The van der Waals surface area contributed by atoms with Gasteiger partial charge in [0.1, 0.15) is 0 Å². The second-order valence-corrected chi connectivity index (χ2v) is 5.21. The Balaban J connectivity index is 2.11. The number of rotatable bonds is 2. The Morgan fingerprint density at radius 2 is 1.65 bits per heavy atom. The summed E-state index contributed by atoms with van der Waals surface area (Å²) >= 11 is 5.31. The van der Waals surface area contributed by atoms with Crippen LogP contribution in [0.25, 0.3) is 0 Å². The molecule has 1 heterocycles. The first kappa shape index (κ1) is 14.4. The van der Waals surface area contributed by atoms with Crippen LogP contribution in [0.3, 0.4) is 0 Å². The van der Waals surface area contributed by atoms with Gasteiger partial charge in [-0.1, -0.05) is 12.1 Å². The zero-order valence-corrected chi connectivity index (χ0v) is 12.9. The lowest BCUT2D eigenvalue weighted by atomic mass is 10.1. The first-order valence-electron chi connectivity index (χ1n) is 6.42. The summed E-state index contributed by atoms with van der Waals surface area (Å²) in [4.78, 5) is 8.61. The monoisotopic (exact) mass is 286 g/mol. The van der Waals surface area contributed by atoms with Crippen LogP contribution in [0, 0.1) is 27.7 Å². The number of aryl methyl sites for hydroxylation is 3. The zero-order valence-electron chi connectivity index (χ0n) is 12.1. The van der Waals surface area contributed by atoms with Gasteiger partial charge in [-0.15, -0.1) is 0 Å². The maximum Gasteiger partial charge on any atom is 0.229 e. The minimum atomic E-state index is 0.490. The molecule has 4 nitrogen and oxygen atoms in total. The number of anilines is 2. The van der Waals surface area contributed by atoms with Gasteiger partial charge in [-0.2, -0.15) is 0 Å². The second-order valence-electron chi connectivity index (χ2n) is 4.80. The summed E-state index contributed by atoms with van der Waals surface area (Å²) in [5, 5.41) is 6.69. The van der Waals surface area contributed by atoms with E-state index in [1.54, 1.807) is 0 Å². The van der Waals surface area contributed by atoms with E-state index < -0.39 is 0 Å². The first-order valence-corrected chi connectivity index (χ1v) is 6.83. The SMILES string of the molecule is Cc1cc(C)nc(NC(=S)Nc2cccc(C)c2C)n1. The molecule has 0 atom stereocenters. The highest BCUT2D eigenvalue weighted by atomic mass is 32.1. The molecule has 0 amide bonds. The Kier molecular flexibility index (Phi) is 4.29. The number of hydrogen-bond acceptors (Lipinski definition) is 3. The predicted octanol–water partition coefficient (Wildman–Crippen LogP) is 3.52. The number of nitrogens with one attached hydrogen (secondary N) is 2. The smallest absolute Gasteiger partial charge is 0.229 e. The Hall–Kier alpha value is -2.01. The van der Waals surface area contributed by atoms with Crippen molar-refractivity contribution in [1.29, 1.82) is 0 Å². The number of nitrogens with zero attached hydrogens (tertiary/aromatic N) is 2. The van der Waals surface area contributed by atoms with Crippen LogP contribution >= 0.6 is 12.2 Å². The quantitative estimate of drug-likeness (QED) is 0.827. The molecule has 0 fully saturated rings. The molecule has 2 N–H and O–H groups in total. The molecule has 1 aromatic carbocycles. The zero-order chi connectivity index (χ0) is 14.7. The topological polar surface area (TPSA) is 49.8 Å². The highest BCUT2D eigenvalue weighted by Crippen LogP contribution is 2.18. The maximum atomic E-state index is 5.31. The molecular weight excluding hydrogens is 268 g/mol. The van der Waals surface area contributed by atoms with E-state index in [0.29, 0.717) is 11.1 Å². The molecule has 0 aliphatic carbocycles. The standard InChI is InChI=1S/C15H18N4S/c1-9-6-5-7-13(12(9)4)18-15(20)19-14-16-10(2)8-11(3)17-14/h5-8H,1-4H3,(H2,16,17,18,19,20). The third-order valence-corrected chi connectivity index (χ3v) is 3.26. The summed E-state index contributed by atoms with van der Waals surface area (Å²) < 4.78 is 0. The van der Waals surface area contributed by atoms with Crippen LogP contribution in [-0.4, -0.2) is 15.1 Å². The van der Waals surface area contributed by atoms with Gasteiger partial charge in [0.15, 0.2) is 5.11 Å². The van der Waals surface area contributed by atoms with Gasteiger partial charge in [-0.05, 0) is 63.2 Å². The van der Waals surface area contributed by atoms with Crippen molar-refractivity contribution in [2.45, 2.75) is 27.7 Å². The van der Waals surface area contributed by atoms with Gasteiger partial charge in [0.05, 0.1) is 0 Å². The van der Waals surface area contributed by atoms with Gasteiger partial charge >= 0.3 is 0 Å². The Morgan fingerprint density at radius 3 is 2.30 bits per heavy atom. The normalized spacial score (nSPS) is 10.2. The Bertz CT molecular complexity index is 632. The van der Waals surface area contributed by atoms with Crippen molar-refractivity contribution in [3.63, 3.8) is 0 Å². The number of hydrogen-bond donors (Lipinski definition) is 2. The third kappa shape index (κ3) is 3.51. The van der Waals surface area contributed by atoms with Gasteiger partial charge < -0.3 is 10.6 Å². The van der Waals surface area contributed by atoms with Crippen LogP contribution in [-0.2, 0) is 0 Å². The lowest BCUT2D eigenvalue weighted by molar-refractivity contribution is 1.06. The fourth-order valence-electron chi connectivity index (χ4n) is 1.92. The highest BCUT2D eigenvalue weighted by molar-refractivity contribution is 7.80. The second kappa shape index (κ2) is 5.96. The minimum absolute atomic E-state index is 0.490. The van der Waals surface area contributed by atoms with E-state index >= 15 is 0 Å². The average Bonchev–Trinajstić information content (AvgIpc) is 2.33. The summed E-state index contributed by atoms with van der Waals surface area (Å²) in [5.41, 5.74) is 5.22. The van der Waals surface area contributed by atoms with Crippen molar-refractivity contribution < 1.29 is 0 Å². The molecular formula is C15H18N4S. The van der Waals surface area contributed by atoms with Crippen LogP contribution in [0.15, 0.2) is 24.3 Å². The molecule has 2 aromatic rings. The van der Waals surface area contributed by atoms with E-state index in [-0.39, 0.29) is 0 Å². The first-order chi connectivity index (χ1) is 9.45. The molecule has 104 valence electrons. The molecule has 2 rings (SSSR count). The van der Waals surface area contributed by atoms with E-state index in [9.17, 15) is 0 Å². The van der Waals surface area contributed by atoms with Crippen molar-refractivity contribution in [1.82, 2.24) is 9.97 Å². The van der Waals surface area contributed by atoms with Crippen LogP contribution < -0.4 is 10.6 Å². The molecule has 0 unspecified atom stereocenters. The summed E-state index contributed by atoms with van der Waals surface area (Å²) in [7, 11) is 0. The van der Waals surface area contributed by atoms with Crippen molar-refractivity contribution in [2.75, 3.05) is 10.6 Å². The molecule has 0 spiro atoms. The van der Waals surface area contributed by atoms with Gasteiger partial charge in [0, 0.05) is 17.1 Å². The van der Waals surface area contributed by atoms with Gasteiger partial charge in [0.25, 0.3) is 0 Å². The molecule has 1 aromatic heterocycles. The highest BCUT2D eigenvalue weighted by Gasteiger charge is 2.05. The Labute approximate surface area is 124 Å². The molecule has 0 saturated carbocycles. The summed E-state index contributed by atoms with van der Waals surface area (Å²) in [5.74, 6) is 0.519. The number of thiocarbonyl (C=S) groups is 1. The largest absolute Gasteiger partial charge is 0.332 e. The van der Waals surface area contributed by atoms with E-state index in [2.05, 4.69) is 40.5 Å². The fraction of sp³-hybridized carbons (Fsp3) is 0.267. The molecule has 5 heteroatoms. The Morgan fingerprint density at radius 1 is 1.00 bits per heavy atom. The average molecular weight is 286 g/mol. The van der Waals surface area contributed by atoms with Crippen LogP contribution in [0.4, 0.5) is 11.6 Å².